The Hall–Kier alpha value is -1.04. The lowest BCUT2D eigenvalue weighted by atomic mass is 10.1. The van der Waals surface area contributed by atoms with Crippen LogP contribution in [-0.4, -0.2) is 23.5 Å². The fraction of sp³-hybridized carbons (Fsp3) is 0.800. The first-order valence-corrected chi connectivity index (χ1v) is 4.46. The molecule has 0 rings (SSSR count). The van der Waals surface area contributed by atoms with E-state index >= 15 is 0 Å². The number of rotatable bonds is 3. The molecule has 0 heterocycles. The van der Waals surface area contributed by atoms with E-state index in [-0.39, 0.29) is 5.91 Å². The van der Waals surface area contributed by atoms with Crippen LogP contribution in [0, 0.1) is 12.5 Å². The van der Waals surface area contributed by atoms with Crippen LogP contribution in [0.5, 0.6) is 0 Å². The topological polar surface area (TPSA) is 24.7 Å². The van der Waals surface area contributed by atoms with Gasteiger partial charge in [0, 0.05) is 27.3 Å². The van der Waals surface area contributed by atoms with Crippen LogP contribution in [0.25, 0.3) is 4.85 Å². The van der Waals surface area contributed by atoms with Crippen molar-refractivity contribution in [2.45, 2.75) is 39.8 Å². The summed E-state index contributed by atoms with van der Waals surface area (Å²) in [5.74, 6) is 0.382. The van der Waals surface area contributed by atoms with Gasteiger partial charge in [0.05, 0.1) is 0 Å². The number of nitrogens with zero attached hydrogens (tertiary/aromatic N) is 2. The summed E-state index contributed by atoms with van der Waals surface area (Å²) >= 11 is 0. The highest BCUT2D eigenvalue weighted by molar-refractivity contribution is 5.77. The van der Waals surface area contributed by atoms with E-state index in [1.54, 1.807) is 20.9 Å². The number of carbonyl (C=O) groups is 1. The normalized spacial score (nSPS) is 11.2. The standard InChI is InChI=1S/C10H18N2O/c1-8(2)7-9(13)12(6)10(3,4)11-5/h8H,7H2,1-4,6H3. The molecule has 13 heavy (non-hydrogen) atoms. The van der Waals surface area contributed by atoms with Crippen molar-refractivity contribution < 1.29 is 4.79 Å². The lowest BCUT2D eigenvalue weighted by molar-refractivity contribution is -0.134. The molecule has 0 aromatic carbocycles. The van der Waals surface area contributed by atoms with E-state index in [4.69, 9.17) is 6.57 Å². The highest BCUT2D eigenvalue weighted by Gasteiger charge is 2.32. The Balaban J connectivity index is 4.36. The van der Waals surface area contributed by atoms with Crippen molar-refractivity contribution in [2.24, 2.45) is 5.92 Å². The molecule has 0 radical (unpaired) electrons. The zero-order valence-corrected chi connectivity index (χ0v) is 9.09. The molecule has 0 N–H and O–H groups in total. The summed E-state index contributed by atoms with van der Waals surface area (Å²) in [6, 6.07) is 0. The second-order valence-corrected chi connectivity index (χ2v) is 4.16. The van der Waals surface area contributed by atoms with Crippen molar-refractivity contribution in [3.8, 4) is 0 Å². The molecule has 0 atom stereocenters. The van der Waals surface area contributed by atoms with Gasteiger partial charge in [0.15, 0.2) is 0 Å². The maximum atomic E-state index is 11.5. The average Bonchev–Trinajstić information content (AvgIpc) is 2.01. The molecule has 0 aliphatic carbocycles. The van der Waals surface area contributed by atoms with Crippen molar-refractivity contribution in [1.29, 1.82) is 0 Å². The SMILES string of the molecule is [C-]#[N+]C(C)(C)N(C)C(=O)CC(C)C. The van der Waals surface area contributed by atoms with Crippen molar-refractivity contribution in [3.05, 3.63) is 11.4 Å². The molecule has 0 aliphatic heterocycles. The molecule has 0 fully saturated rings. The third-order valence-corrected chi connectivity index (χ3v) is 2.05. The van der Waals surface area contributed by atoms with Crippen LogP contribution < -0.4 is 0 Å². The molecule has 3 nitrogen and oxygen atoms in total. The Labute approximate surface area is 80.5 Å². The smallest absolute Gasteiger partial charge is 0.287 e. The fourth-order valence-electron chi connectivity index (χ4n) is 0.866. The molecule has 0 aromatic rings. The summed E-state index contributed by atoms with van der Waals surface area (Å²) in [5.41, 5.74) is -0.716. The van der Waals surface area contributed by atoms with Crippen molar-refractivity contribution in [2.75, 3.05) is 7.05 Å². The minimum atomic E-state index is -0.716. The van der Waals surface area contributed by atoms with Gasteiger partial charge in [-0.1, -0.05) is 13.8 Å². The number of hydrogen-bond acceptors (Lipinski definition) is 1. The summed E-state index contributed by atoms with van der Waals surface area (Å²) in [6.07, 6.45) is 0.509. The van der Waals surface area contributed by atoms with Gasteiger partial charge >= 0.3 is 5.66 Å². The Morgan fingerprint density at radius 3 is 2.31 bits per heavy atom. The van der Waals surface area contributed by atoms with Crippen LogP contribution in [0.4, 0.5) is 0 Å². The summed E-state index contributed by atoms with van der Waals surface area (Å²) < 4.78 is 0. The first-order valence-electron chi connectivity index (χ1n) is 4.46. The van der Waals surface area contributed by atoms with E-state index in [0.29, 0.717) is 12.3 Å². The van der Waals surface area contributed by atoms with Crippen LogP contribution in [0.2, 0.25) is 0 Å². The van der Waals surface area contributed by atoms with Gasteiger partial charge in [0.1, 0.15) is 0 Å². The zero-order chi connectivity index (χ0) is 10.6. The maximum Gasteiger partial charge on any atom is 0.303 e. The molecular weight excluding hydrogens is 164 g/mol. The Morgan fingerprint density at radius 2 is 2.00 bits per heavy atom. The lowest BCUT2D eigenvalue weighted by Gasteiger charge is -2.25. The van der Waals surface area contributed by atoms with Crippen molar-refractivity contribution >= 4 is 5.91 Å². The second kappa shape index (κ2) is 4.27. The molecule has 1 amide bonds. The van der Waals surface area contributed by atoms with Crippen LogP contribution >= 0.6 is 0 Å². The average molecular weight is 182 g/mol. The number of amides is 1. The van der Waals surface area contributed by atoms with Crippen LogP contribution in [0.3, 0.4) is 0 Å². The summed E-state index contributed by atoms with van der Waals surface area (Å²) in [6.45, 7) is 14.4. The van der Waals surface area contributed by atoms with Gasteiger partial charge in [-0.25, -0.2) is 6.57 Å². The summed E-state index contributed by atoms with van der Waals surface area (Å²) in [7, 11) is 1.68. The van der Waals surface area contributed by atoms with E-state index in [2.05, 4.69) is 4.85 Å². The molecule has 0 aliphatic rings. The third kappa shape index (κ3) is 3.45. The highest BCUT2D eigenvalue weighted by atomic mass is 16.2. The molecule has 0 saturated heterocycles. The number of hydrogen-bond donors (Lipinski definition) is 0. The van der Waals surface area contributed by atoms with Gasteiger partial charge < -0.3 is 0 Å². The van der Waals surface area contributed by atoms with Crippen LogP contribution in [0.1, 0.15) is 34.1 Å². The quantitative estimate of drug-likeness (QED) is 0.614. The summed E-state index contributed by atoms with van der Waals surface area (Å²) in [5, 5.41) is 0. The first-order chi connectivity index (χ1) is 5.81. The van der Waals surface area contributed by atoms with E-state index in [1.165, 1.54) is 4.90 Å². The predicted molar refractivity (Wildman–Crippen MR) is 52.9 cm³/mol. The van der Waals surface area contributed by atoms with Gasteiger partial charge in [-0.2, -0.15) is 0 Å². The van der Waals surface area contributed by atoms with Crippen LogP contribution in [-0.2, 0) is 4.79 Å². The van der Waals surface area contributed by atoms with Gasteiger partial charge in [-0.15, -0.1) is 0 Å². The molecule has 0 saturated carbocycles. The van der Waals surface area contributed by atoms with Crippen molar-refractivity contribution in [1.82, 2.24) is 4.90 Å². The third-order valence-electron chi connectivity index (χ3n) is 2.05. The second-order valence-electron chi connectivity index (χ2n) is 4.16. The van der Waals surface area contributed by atoms with E-state index in [9.17, 15) is 4.79 Å². The molecular formula is C10H18N2O. The molecule has 3 heteroatoms. The number of carbonyl (C=O) groups excluding carboxylic acids is 1. The molecule has 0 bridgehead atoms. The van der Waals surface area contributed by atoms with Crippen LogP contribution in [0.15, 0.2) is 0 Å². The van der Waals surface area contributed by atoms with Gasteiger partial charge in [-0.3, -0.25) is 14.5 Å². The zero-order valence-electron chi connectivity index (χ0n) is 9.09. The Bertz CT molecular complexity index is 226. The predicted octanol–water partition coefficient (Wildman–Crippen LogP) is 2.15. The fourth-order valence-corrected chi connectivity index (χ4v) is 0.866. The first kappa shape index (κ1) is 12.0. The molecule has 0 aromatic heterocycles. The molecule has 74 valence electrons. The molecule has 0 spiro atoms. The van der Waals surface area contributed by atoms with Gasteiger partial charge in [0.2, 0.25) is 5.91 Å². The minimum absolute atomic E-state index is 0.0380. The Kier molecular flexibility index (Phi) is 3.93. The monoisotopic (exact) mass is 182 g/mol. The Morgan fingerprint density at radius 1 is 1.54 bits per heavy atom. The lowest BCUT2D eigenvalue weighted by Crippen LogP contribution is -2.42. The van der Waals surface area contributed by atoms with E-state index in [0.717, 1.165) is 0 Å². The van der Waals surface area contributed by atoms with E-state index < -0.39 is 5.66 Å². The van der Waals surface area contributed by atoms with E-state index in [1.807, 2.05) is 13.8 Å². The largest absolute Gasteiger partial charge is 0.303 e. The van der Waals surface area contributed by atoms with Crippen molar-refractivity contribution in [3.63, 3.8) is 0 Å². The molecule has 0 unspecified atom stereocenters. The van der Waals surface area contributed by atoms with Gasteiger partial charge in [0.25, 0.3) is 0 Å². The minimum Gasteiger partial charge on any atom is -0.287 e. The highest BCUT2D eigenvalue weighted by Crippen LogP contribution is 2.16. The summed E-state index contributed by atoms with van der Waals surface area (Å²) in [4.78, 5) is 16.5. The van der Waals surface area contributed by atoms with Gasteiger partial charge in [-0.05, 0) is 5.92 Å². The maximum absolute atomic E-state index is 11.5.